The Morgan fingerprint density at radius 1 is 1.60 bits per heavy atom. The molecule has 0 bridgehead atoms. The van der Waals surface area contributed by atoms with Crippen LogP contribution in [0.3, 0.4) is 0 Å². The van der Waals surface area contributed by atoms with Crippen LogP contribution in [0.1, 0.15) is 52.3 Å². The van der Waals surface area contributed by atoms with Crippen molar-refractivity contribution in [1.82, 2.24) is 14.8 Å². The molecule has 1 N–H and O–H groups in total. The van der Waals surface area contributed by atoms with Gasteiger partial charge in [0.1, 0.15) is 12.2 Å². The van der Waals surface area contributed by atoms with Gasteiger partial charge in [0, 0.05) is 13.0 Å². The Balaban J connectivity index is 2.20. The van der Waals surface area contributed by atoms with Gasteiger partial charge in [0.15, 0.2) is 0 Å². The Morgan fingerprint density at radius 2 is 2.35 bits per heavy atom. The van der Waals surface area contributed by atoms with Gasteiger partial charge in [-0.1, -0.05) is 33.6 Å². The topological polar surface area (TPSA) is 68.0 Å². The van der Waals surface area contributed by atoms with Crippen LogP contribution in [-0.2, 0) is 17.8 Å². The average Bonchev–Trinajstić information content (AvgIpc) is 2.75. The van der Waals surface area contributed by atoms with Gasteiger partial charge in [0.25, 0.3) is 0 Å². The standard InChI is InChI=1S/C15H25N3O2/c1-11(2)9-18-13(16-10-17-18)8-15(14(19)20)6-4-5-12(3)7-15/h10-12H,4-9H2,1-3H3,(H,19,20). The van der Waals surface area contributed by atoms with Crippen molar-refractivity contribution in [2.75, 3.05) is 0 Å². The molecule has 1 aliphatic rings. The Bertz CT molecular complexity index is 469. The number of carboxylic acid groups (broad SMARTS) is 1. The molecule has 5 heteroatoms. The molecule has 0 amide bonds. The van der Waals surface area contributed by atoms with E-state index in [9.17, 15) is 9.90 Å². The molecule has 2 rings (SSSR count). The van der Waals surface area contributed by atoms with Crippen LogP contribution >= 0.6 is 0 Å². The number of aromatic nitrogens is 3. The van der Waals surface area contributed by atoms with Gasteiger partial charge in [-0.3, -0.25) is 4.79 Å². The summed E-state index contributed by atoms with van der Waals surface area (Å²) < 4.78 is 1.87. The molecule has 1 aromatic rings. The summed E-state index contributed by atoms with van der Waals surface area (Å²) in [7, 11) is 0. The minimum atomic E-state index is -0.678. The lowest BCUT2D eigenvalue weighted by Gasteiger charge is -2.36. The third-order valence-electron chi connectivity index (χ3n) is 4.28. The fourth-order valence-corrected chi connectivity index (χ4v) is 3.32. The Morgan fingerprint density at radius 3 is 2.95 bits per heavy atom. The molecule has 0 aromatic carbocycles. The van der Waals surface area contributed by atoms with E-state index in [1.54, 1.807) is 6.33 Å². The molecule has 1 aromatic heterocycles. The molecule has 0 radical (unpaired) electrons. The van der Waals surface area contributed by atoms with E-state index in [2.05, 4.69) is 30.9 Å². The molecular weight excluding hydrogens is 254 g/mol. The second-order valence-corrected chi connectivity index (χ2v) is 6.72. The average molecular weight is 279 g/mol. The molecule has 2 unspecified atom stereocenters. The van der Waals surface area contributed by atoms with E-state index in [4.69, 9.17) is 0 Å². The molecule has 0 aliphatic heterocycles. The lowest BCUT2D eigenvalue weighted by Crippen LogP contribution is -2.38. The van der Waals surface area contributed by atoms with E-state index in [1.165, 1.54) is 0 Å². The van der Waals surface area contributed by atoms with E-state index in [1.807, 2.05) is 4.68 Å². The van der Waals surface area contributed by atoms with Gasteiger partial charge in [-0.2, -0.15) is 5.10 Å². The second-order valence-electron chi connectivity index (χ2n) is 6.72. The predicted octanol–water partition coefficient (Wildman–Crippen LogP) is 2.76. The SMILES string of the molecule is CC(C)Cn1ncnc1CC1(C(=O)O)CCCC(C)C1. The van der Waals surface area contributed by atoms with Crippen LogP contribution in [0.5, 0.6) is 0 Å². The summed E-state index contributed by atoms with van der Waals surface area (Å²) in [6.07, 6.45) is 5.66. The molecule has 2 atom stereocenters. The van der Waals surface area contributed by atoms with Gasteiger partial charge in [-0.25, -0.2) is 9.67 Å². The molecule has 5 nitrogen and oxygen atoms in total. The Labute approximate surface area is 120 Å². The first-order valence-corrected chi connectivity index (χ1v) is 7.53. The highest BCUT2D eigenvalue weighted by molar-refractivity contribution is 5.75. The molecular formula is C15H25N3O2. The maximum atomic E-state index is 11.8. The van der Waals surface area contributed by atoms with Crippen LogP contribution in [0.4, 0.5) is 0 Å². The van der Waals surface area contributed by atoms with Crippen molar-refractivity contribution < 1.29 is 9.90 Å². The van der Waals surface area contributed by atoms with Crippen molar-refractivity contribution in [2.24, 2.45) is 17.3 Å². The summed E-state index contributed by atoms with van der Waals surface area (Å²) in [6.45, 7) is 7.19. The van der Waals surface area contributed by atoms with E-state index in [-0.39, 0.29) is 0 Å². The number of hydrogen-bond donors (Lipinski definition) is 1. The minimum absolute atomic E-state index is 0.473. The lowest BCUT2D eigenvalue weighted by molar-refractivity contribution is -0.152. The molecule has 1 aliphatic carbocycles. The van der Waals surface area contributed by atoms with Crippen LogP contribution in [0.15, 0.2) is 6.33 Å². The van der Waals surface area contributed by atoms with Crippen LogP contribution in [0.25, 0.3) is 0 Å². The monoisotopic (exact) mass is 279 g/mol. The predicted molar refractivity (Wildman–Crippen MR) is 76.3 cm³/mol. The summed E-state index contributed by atoms with van der Waals surface area (Å²) >= 11 is 0. The van der Waals surface area contributed by atoms with Crippen molar-refractivity contribution in [3.63, 3.8) is 0 Å². The maximum Gasteiger partial charge on any atom is 0.310 e. The van der Waals surface area contributed by atoms with E-state index in [0.29, 0.717) is 18.3 Å². The van der Waals surface area contributed by atoms with Crippen LogP contribution < -0.4 is 0 Å². The van der Waals surface area contributed by atoms with Crippen molar-refractivity contribution in [3.05, 3.63) is 12.2 Å². The van der Waals surface area contributed by atoms with E-state index in [0.717, 1.165) is 38.1 Å². The summed E-state index contributed by atoms with van der Waals surface area (Å²) in [6, 6.07) is 0. The summed E-state index contributed by atoms with van der Waals surface area (Å²) in [5.74, 6) is 1.08. The first kappa shape index (κ1) is 15.0. The molecule has 1 heterocycles. The molecule has 112 valence electrons. The Hall–Kier alpha value is -1.39. The third kappa shape index (κ3) is 3.19. The highest BCUT2D eigenvalue weighted by atomic mass is 16.4. The quantitative estimate of drug-likeness (QED) is 0.900. The van der Waals surface area contributed by atoms with Crippen LogP contribution in [-0.4, -0.2) is 25.8 Å². The van der Waals surface area contributed by atoms with Gasteiger partial charge in [-0.05, 0) is 24.7 Å². The van der Waals surface area contributed by atoms with Gasteiger partial charge in [-0.15, -0.1) is 0 Å². The van der Waals surface area contributed by atoms with E-state index >= 15 is 0 Å². The molecule has 1 saturated carbocycles. The number of rotatable bonds is 5. The fraction of sp³-hybridized carbons (Fsp3) is 0.800. The highest BCUT2D eigenvalue weighted by Gasteiger charge is 2.43. The van der Waals surface area contributed by atoms with Gasteiger partial charge < -0.3 is 5.11 Å². The smallest absolute Gasteiger partial charge is 0.310 e. The zero-order chi connectivity index (χ0) is 14.8. The third-order valence-corrected chi connectivity index (χ3v) is 4.28. The summed E-state index contributed by atoms with van der Waals surface area (Å²) in [4.78, 5) is 16.1. The maximum absolute atomic E-state index is 11.8. The lowest BCUT2D eigenvalue weighted by atomic mass is 9.68. The molecule has 20 heavy (non-hydrogen) atoms. The number of carboxylic acids is 1. The minimum Gasteiger partial charge on any atom is -0.481 e. The van der Waals surface area contributed by atoms with Crippen molar-refractivity contribution in [3.8, 4) is 0 Å². The van der Waals surface area contributed by atoms with Crippen molar-refractivity contribution in [1.29, 1.82) is 0 Å². The molecule has 0 saturated heterocycles. The number of carbonyl (C=O) groups is 1. The van der Waals surface area contributed by atoms with Crippen molar-refractivity contribution in [2.45, 2.75) is 59.4 Å². The largest absolute Gasteiger partial charge is 0.481 e. The highest BCUT2D eigenvalue weighted by Crippen LogP contribution is 2.41. The van der Waals surface area contributed by atoms with Crippen LogP contribution in [0, 0.1) is 17.3 Å². The summed E-state index contributed by atoms with van der Waals surface area (Å²) in [5.41, 5.74) is -0.653. The van der Waals surface area contributed by atoms with Gasteiger partial charge >= 0.3 is 5.97 Å². The normalized spacial score (nSPS) is 26.9. The second kappa shape index (κ2) is 5.94. The first-order chi connectivity index (χ1) is 9.43. The Kier molecular flexibility index (Phi) is 4.45. The van der Waals surface area contributed by atoms with E-state index < -0.39 is 11.4 Å². The number of nitrogens with zero attached hydrogens (tertiary/aromatic N) is 3. The first-order valence-electron chi connectivity index (χ1n) is 7.53. The zero-order valence-corrected chi connectivity index (χ0v) is 12.7. The molecule has 0 spiro atoms. The fourth-order valence-electron chi connectivity index (χ4n) is 3.32. The zero-order valence-electron chi connectivity index (χ0n) is 12.7. The van der Waals surface area contributed by atoms with Gasteiger partial charge in [0.2, 0.25) is 0 Å². The van der Waals surface area contributed by atoms with Crippen molar-refractivity contribution >= 4 is 5.97 Å². The number of hydrogen-bond acceptors (Lipinski definition) is 3. The molecule has 1 fully saturated rings. The van der Waals surface area contributed by atoms with Gasteiger partial charge in [0.05, 0.1) is 5.41 Å². The number of aliphatic carboxylic acids is 1. The summed E-state index contributed by atoms with van der Waals surface area (Å²) in [5, 5.41) is 14.0. The van der Waals surface area contributed by atoms with Crippen LogP contribution in [0.2, 0.25) is 0 Å².